The Kier molecular flexibility index (Phi) is 6.53. The summed E-state index contributed by atoms with van der Waals surface area (Å²) in [4.78, 5) is 22.2. The Bertz CT molecular complexity index is 817. The lowest BCUT2D eigenvalue weighted by Crippen LogP contribution is -2.31. The maximum Gasteiger partial charge on any atom is 0.316 e. The summed E-state index contributed by atoms with van der Waals surface area (Å²) in [6.45, 7) is 0.832. The van der Waals surface area contributed by atoms with Crippen LogP contribution in [0.2, 0.25) is 0 Å². The van der Waals surface area contributed by atoms with Crippen molar-refractivity contribution in [2.24, 2.45) is 11.7 Å². The molecule has 1 aliphatic rings. The summed E-state index contributed by atoms with van der Waals surface area (Å²) in [5.74, 6) is -1.76. The first-order valence-electron chi connectivity index (χ1n) is 9.51. The zero-order valence-electron chi connectivity index (χ0n) is 15.7. The monoisotopic (exact) mass is 383 g/mol. The first kappa shape index (κ1) is 19.7. The molecule has 148 valence electrons. The molecule has 6 nitrogen and oxygen atoms in total. The highest BCUT2D eigenvalue weighted by Gasteiger charge is 2.23. The number of primary amides is 1. The molecule has 0 fully saturated rings. The number of rotatable bonds is 9. The second-order valence-electron chi connectivity index (χ2n) is 6.98. The molecule has 3 rings (SSSR count). The zero-order chi connectivity index (χ0) is 19.9. The standard InChI is InChI=1S/C22H25NO5/c23-21(24)20(22(25)26)13-15-5-8-18(9-6-15)27-11-12-28-19-10-7-16-3-1-2-4-17(16)14-19/h5-10,14,20H,1-4,11-13H2,(H2,23,24)(H,25,26). The lowest BCUT2D eigenvalue weighted by atomic mass is 9.92. The molecule has 28 heavy (non-hydrogen) atoms. The van der Waals surface area contributed by atoms with Gasteiger partial charge in [-0.1, -0.05) is 18.2 Å². The van der Waals surface area contributed by atoms with E-state index < -0.39 is 17.8 Å². The van der Waals surface area contributed by atoms with E-state index in [2.05, 4.69) is 12.1 Å². The van der Waals surface area contributed by atoms with Crippen molar-refractivity contribution in [1.29, 1.82) is 0 Å². The molecule has 2 aromatic rings. The van der Waals surface area contributed by atoms with Gasteiger partial charge in [0.25, 0.3) is 0 Å². The quantitative estimate of drug-likeness (QED) is 0.512. The van der Waals surface area contributed by atoms with Crippen LogP contribution in [0.5, 0.6) is 11.5 Å². The normalized spacial score (nSPS) is 14.0. The van der Waals surface area contributed by atoms with Crippen LogP contribution in [0.25, 0.3) is 0 Å². The maximum atomic E-state index is 11.2. The van der Waals surface area contributed by atoms with Gasteiger partial charge in [-0.15, -0.1) is 0 Å². The van der Waals surface area contributed by atoms with Gasteiger partial charge in [0.15, 0.2) is 0 Å². The molecule has 1 aliphatic carbocycles. The SMILES string of the molecule is NC(=O)C(Cc1ccc(OCCOc2ccc3c(c2)CCCC3)cc1)C(=O)O. The summed E-state index contributed by atoms with van der Waals surface area (Å²) in [6, 6.07) is 13.2. The number of benzene rings is 2. The number of carbonyl (C=O) groups is 2. The van der Waals surface area contributed by atoms with Crippen LogP contribution in [-0.2, 0) is 28.9 Å². The van der Waals surface area contributed by atoms with Crippen molar-refractivity contribution < 1.29 is 24.2 Å². The number of hydrogen-bond acceptors (Lipinski definition) is 4. The number of carboxylic acid groups (broad SMARTS) is 1. The van der Waals surface area contributed by atoms with E-state index in [1.807, 2.05) is 6.07 Å². The lowest BCUT2D eigenvalue weighted by Gasteiger charge is -2.17. The van der Waals surface area contributed by atoms with Crippen LogP contribution in [0.4, 0.5) is 0 Å². The molecule has 1 amide bonds. The van der Waals surface area contributed by atoms with Crippen molar-refractivity contribution in [1.82, 2.24) is 0 Å². The van der Waals surface area contributed by atoms with Crippen molar-refractivity contribution >= 4 is 11.9 Å². The number of nitrogens with two attached hydrogens (primary N) is 1. The van der Waals surface area contributed by atoms with E-state index in [4.69, 9.17) is 20.3 Å². The number of aryl methyl sites for hydroxylation is 2. The van der Waals surface area contributed by atoms with Gasteiger partial charge in [0, 0.05) is 0 Å². The van der Waals surface area contributed by atoms with Gasteiger partial charge in [0.1, 0.15) is 30.6 Å². The molecule has 0 aliphatic heterocycles. The fourth-order valence-corrected chi connectivity index (χ4v) is 3.39. The largest absolute Gasteiger partial charge is 0.490 e. The van der Waals surface area contributed by atoms with Gasteiger partial charge in [-0.25, -0.2) is 0 Å². The Morgan fingerprint density at radius 2 is 1.54 bits per heavy atom. The molecule has 2 aromatic carbocycles. The fraction of sp³-hybridized carbons (Fsp3) is 0.364. The Morgan fingerprint density at radius 3 is 2.18 bits per heavy atom. The number of carbonyl (C=O) groups excluding carboxylic acids is 1. The topological polar surface area (TPSA) is 98.9 Å². The highest BCUT2D eigenvalue weighted by molar-refractivity contribution is 5.96. The van der Waals surface area contributed by atoms with E-state index in [0.29, 0.717) is 24.5 Å². The summed E-state index contributed by atoms with van der Waals surface area (Å²) in [5.41, 5.74) is 8.65. The molecule has 0 saturated heterocycles. The van der Waals surface area contributed by atoms with Gasteiger partial charge >= 0.3 is 5.97 Å². The predicted molar refractivity (Wildman–Crippen MR) is 105 cm³/mol. The molecule has 0 radical (unpaired) electrons. The van der Waals surface area contributed by atoms with Gasteiger partial charge in [-0.05, 0) is 73.1 Å². The van der Waals surface area contributed by atoms with E-state index in [1.165, 1.54) is 24.0 Å². The molecule has 0 saturated carbocycles. The van der Waals surface area contributed by atoms with Gasteiger partial charge < -0.3 is 20.3 Å². The van der Waals surface area contributed by atoms with Crippen LogP contribution in [-0.4, -0.2) is 30.2 Å². The minimum Gasteiger partial charge on any atom is -0.490 e. The molecule has 1 atom stereocenters. The lowest BCUT2D eigenvalue weighted by molar-refractivity contribution is -0.145. The predicted octanol–water partition coefficient (Wildman–Crippen LogP) is 2.75. The van der Waals surface area contributed by atoms with Crippen LogP contribution in [0.3, 0.4) is 0 Å². The molecule has 0 heterocycles. The first-order valence-corrected chi connectivity index (χ1v) is 9.51. The Balaban J connectivity index is 1.45. The molecular formula is C22H25NO5. The Morgan fingerprint density at radius 1 is 0.929 bits per heavy atom. The van der Waals surface area contributed by atoms with E-state index in [-0.39, 0.29) is 6.42 Å². The Labute approximate surface area is 164 Å². The number of amides is 1. The summed E-state index contributed by atoms with van der Waals surface area (Å²) < 4.78 is 11.4. The maximum absolute atomic E-state index is 11.2. The molecule has 0 aromatic heterocycles. The van der Waals surface area contributed by atoms with Gasteiger partial charge in [-0.3, -0.25) is 9.59 Å². The summed E-state index contributed by atoms with van der Waals surface area (Å²) in [6.07, 6.45) is 4.84. The van der Waals surface area contributed by atoms with E-state index in [9.17, 15) is 9.59 Å². The third-order valence-electron chi connectivity index (χ3n) is 4.95. The number of aliphatic carboxylic acids is 1. The van der Waals surface area contributed by atoms with Crippen molar-refractivity contribution in [2.45, 2.75) is 32.1 Å². The zero-order valence-corrected chi connectivity index (χ0v) is 15.7. The molecular weight excluding hydrogens is 358 g/mol. The highest BCUT2D eigenvalue weighted by atomic mass is 16.5. The van der Waals surface area contributed by atoms with E-state index >= 15 is 0 Å². The first-order chi connectivity index (χ1) is 13.5. The van der Waals surface area contributed by atoms with E-state index in [1.54, 1.807) is 24.3 Å². The van der Waals surface area contributed by atoms with Crippen LogP contribution in [0, 0.1) is 5.92 Å². The van der Waals surface area contributed by atoms with Gasteiger partial charge in [-0.2, -0.15) is 0 Å². The van der Waals surface area contributed by atoms with Crippen LogP contribution >= 0.6 is 0 Å². The minimum atomic E-state index is -1.23. The number of fused-ring (bicyclic) bond motifs is 1. The number of carboxylic acids is 1. The average molecular weight is 383 g/mol. The second kappa shape index (κ2) is 9.26. The van der Waals surface area contributed by atoms with Crippen molar-refractivity contribution in [3.63, 3.8) is 0 Å². The highest BCUT2D eigenvalue weighted by Crippen LogP contribution is 2.25. The number of hydrogen-bond donors (Lipinski definition) is 2. The minimum absolute atomic E-state index is 0.0619. The van der Waals surface area contributed by atoms with E-state index in [0.717, 1.165) is 18.6 Å². The molecule has 0 bridgehead atoms. The summed E-state index contributed by atoms with van der Waals surface area (Å²) >= 11 is 0. The smallest absolute Gasteiger partial charge is 0.316 e. The van der Waals surface area contributed by atoms with Crippen molar-refractivity contribution in [3.8, 4) is 11.5 Å². The molecule has 6 heteroatoms. The second-order valence-corrected chi connectivity index (χ2v) is 6.98. The van der Waals surface area contributed by atoms with Crippen LogP contribution in [0.1, 0.15) is 29.5 Å². The average Bonchev–Trinajstić information content (AvgIpc) is 2.69. The number of ether oxygens (including phenoxy) is 2. The van der Waals surface area contributed by atoms with Crippen molar-refractivity contribution in [3.05, 3.63) is 59.2 Å². The Hall–Kier alpha value is -3.02. The summed E-state index contributed by atoms with van der Waals surface area (Å²) in [5, 5.41) is 9.02. The molecule has 0 spiro atoms. The van der Waals surface area contributed by atoms with Crippen LogP contribution < -0.4 is 15.2 Å². The molecule has 1 unspecified atom stereocenters. The van der Waals surface area contributed by atoms with Gasteiger partial charge in [0.05, 0.1) is 0 Å². The third kappa shape index (κ3) is 5.25. The van der Waals surface area contributed by atoms with Crippen molar-refractivity contribution in [2.75, 3.05) is 13.2 Å². The summed E-state index contributed by atoms with van der Waals surface area (Å²) in [7, 11) is 0. The fourth-order valence-electron chi connectivity index (χ4n) is 3.39. The van der Waals surface area contributed by atoms with Crippen LogP contribution in [0.15, 0.2) is 42.5 Å². The third-order valence-corrected chi connectivity index (χ3v) is 4.95. The molecule has 3 N–H and O–H groups in total. The van der Waals surface area contributed by atoms with Gasteiger partial charge in [0.2, 0.25) is 5.91 Å².